The van der Waals surface area contributed by atoms with E-state index in [-0.39, 0.29) is 0 Å². The zero-order valence-corrected chi connectivity index (χ0v) is 18.4. The lowest BCUT2D eigenvalue weighted by atomic mass is 10.2. The normalized spacial score (nSPS) is 11.0. The van der Waals surface area contributed by atoms with Crippen molar-refractivity contribution in [1.82, 2.24) is 34.7 Å². The lowest BCUT2D eigenvalue weighted by Gasteiger charge is -2.24. The van der Waals surface area contributed by atoms with Gasteiger partial charge in [-0.3, -0.25) is 9.67 Å². The number of rotatable bonds is 7. The Labute approximate surface area is 189 Å². The SMILES string of the molecule is COc1cc(OC)cc(N(Cc2ncc[nH]2)c2ccc3ncc(-c4cnn(C)c4)nc3n2)c1. The maximum atomic E-state index is 5.47. The molecule has 10 heteroatoms. The summed E-state index contributed by atoms with van der Waals surface area (Å²) in [6.45, 7) is 0.456. The molecular formula is C23H22N8O2. The number of benzene rings is 1. The second-order valence-electron chi connectivity index (χ2n) is 7.36. The van der Waals surface area contributed by atoms with Gasteiger partial charge >= 0.3 is 0 Å². The first-order valence-corrected chi connectivity index (χ1v) is 10.2. The minimum atomic E-state index is 0.456. The molecule has 0 unspecified atom stereocenters. The number of fused-ring (bicyclic) bond motifs is 1. The number of aromatic amines is 1. The summed E-state index contributed by atoms with van der Waals surface area (Å²) in [5.41, 5.74) is 3.66. The van der Waals surface area contributed by atoms with Gasteiger partial charge in [0.25, 0.3) is 0 Å². The summed E-state index contributed by atoms with van der Waals surface area (Å²) in [5, 5.41) is 4.22. The van der Waals surface area contributed by atoms with Gasteiger partial charge in [0.05, 0.1) is 44.5 Å². The Kier molecular flexibility index (Phi) is 5.31. The third-order valence-electron chi connectivity index (χ3n) is 5.18. The molecule has 0 radical (unpaired) electrons. The molecule has 0 atom stereocenters. The van der Waals surface area contributed by atoms with Crippen molar-refractivity contribution in [3.63, 3.8) is 0 Å². The van der Waals surface area contributed by atoms with Crippen molar-refractivity contribution in [3.05, 3.63) is 67.1 Å². The second-order valence-corrected chi connectivity index (χ2v) is 7.36. The van der Waals surface area contributed by atoms with Crippen molar-refractivity contribution in [3.8, 4) is 22.8 Å². The van der Waals surface area contributed by atoms with E-state index in [1.54, 1.807) is 43.7 Å². The molecule has 4 aromatic heterocycles. The molecule has 0 aliphatic rings. The van der Waals surface area contributed by atoms with Crippen LogP contribution in [0.15, 0.2) is 61.3 Å². The molecule has 1 N–H and O–H groups in total. The molecule has 33 heavy (non-hydrogen) atoms. The molecule has 0 fully saturated rings. The molecule has 0 aliphatic heterocycles. The van der Waals surface area contributed by atoms with Crippen molar-refractivity contribution in [1.29, 1.82) is 0 Å². The molecule has 0 amide bonds. The number of H-pyrrole nitrogens is 1. The van der Waals surface area contributed by atoms with Gasteiger partial charge in [-0.15, -0.1) is 0 Å². The summed E-state index contributed by atoms with van der Waals surface area (Å²) in [5.74, 6) is 2.82. The number of hydrogen-bond acceptors (Lipinski definition) is 8. The van der Waals surface area contributed by atoms with Crippen molar-refractivity contribution < 1.29 is 9.47 Å². The van der Waals surface area contributed by atoms with Crippen LogP contribution in [0, 0.1) is 0 Å². The summed E-state index contributed by atoms with van der Waals surface area (Å²) >= 11 is 0. The summed E-state index contributed by atoms with van der Waals surface area (Å²) in [4.78, 5) is 23.7. The van der Waals surface area contributed by atoms with Crippen LogP contribution >= 0.6 is 0 Å². The maximum Gasteiger partial charge on any atom is 0.180 e. The summed E-state index contributed by atoms with van der Waals surface area (Å²) < 4.78 is 12.7. The van der Waals surface area contributed by atoms with Crippen LogP contribution in [0.1, 0.15) is 5.82 Å². The van der Waals surface area contributed by atoms with Gasteiger partial charge in [-0.1, -0.05) is 0 Å². The first kappa shape index (κ1) is 20.4. The van der Waals surface area contributed by atoms with E-state index in [1.165, 1.54) is 0 Å². The van der Waals surface area contributed by atoms with Crippen LogP contribution in [0.3, 0.4) is 0 Å². The van der Waals surface area contributed by atoms with Gasteiger partial charge in [-0.25, -0.2) is 15.0 Å². The Hall–Kier alpha value is -4.47. The molecule has 1 aromatic carbocycles. The van der Waals surface area contributed by atoms with Crippen LogP contribution in [0.4, 0.5) is 11.5 Å². The highest BCUT2D eigenvalue weighted by molar-refractivity contribution is 5.77. The average Bonchev–Trinajstić information content (AvgIpc) is 3.53. The Balaban J connectivity index is 1.61. The smallest absolute Gasteiger partial charge is 0.180 e. The molecule has 10 nitrogen and oxygen atoms in total. The monoisotopic (exact) mass is 442 g/mol. The molecule has 166 valence electrons. The van der Waals surface area contributed by atoms with Gasteiger partial charge in [-0.05, 0) is 12.1 Å². The standard InChI is InChI=1S/C23H22N8O2/c1-30-13-15(11-27-30)20-12-26-19-4-5-22(29-23(19)28-20)31(14-21-24-6-7-25-21)16-8-17(32-2)10-18(9-16)33-3/h4-13H,14H2,1-3H3,(H,24,25). The predicted octanol–water partition coefficient (Wildman–Crippen LogP) is 3.50. The number of nitrogens with one attached hydrogen (secondary N) is 1. The highest BCUT2D eigenvalue weighted by Crippen LogP contribution is 2.33. The van der Waals surface area contributed by atoms with Crippen LogP contribution in [0.5, 0.6) is 11.5 Å². The number of imidazole rings is 1. The Morgan fingerprint density at radius 2 is 1.82 bits per heavy atom. The lowest BCUT2D eigenvalue weighted by Crippen LogP contribution is -2.19. The fraction of sp³-hybridized carbons (Fsp3) is 0.174. The van der Waals surface area contributed by atoms with E-state index in [4.69, 9.17) is 19.4 Å². The van der Waals surface area contributed by atoms with E-state index in [0.29, 0.717) is 40.7 Å². The molecule has 5 rings (SSSR count). The molecule has 5 aromatic rings. The van der Waals surface area contributed by atoms with E-state index >= 15 is 0 Å². The van der Waals surface area contributed by atoms with E-state index < -0.39 is 0 Å². The number of aryl methyl sites for hydroxylation is 1. The number of anilines is 2. The number of methoxy groups -OCH3 is 2. The van der Waals surface area contributed by atoms with Crippen LogP contribution in [0.25, 0.3) is 22.4 Å². The third-order valence-corrected chi connectivity index (χ3v) is 5.18. The molecule has 0 spiro atoms. The molecule has 0 saturated carbocycles. The fourth-order valence-corrected chi connectivity index (χ4v) is 3.52. The molecule has 0 aliphatic carbocycles. The van der Waals surface area contributed by atoms with Gasteiger partial charge in [0.2, 0.25) is 0 Å². The highest BCUT2D eigenvalue weighted by atomic mass is 16.5. The number of pyridine rings is 1. The molecule has 0 bridgehead atoms. The van der Waals surface area contributed by atoms with Crippen molar-refractivity contribution >= 4 is 22.7 Å². The second kappa shape index (κ2) is 8.58. The van der Waals surface area contributed by atoms with Crippen LogP contribution in [-0.2, 0) is 13.6 Å². The van der Waals surface area contributed by atoms with E-state index in [9.17, 15) is 0 Å². The predicted molar refractivity (Wildman–Crippen MR) is 124 cm³/mol. The van der Waals surface area contributed by atoms with Gasteiger partial charge in [0.15, 0.2) is 5.65 Å². The maximum absolute atomic E-state index is 5.47. The molecular weight excluding hydrogens is 420 g/mol. The van der Waals surface area contributed by atoms with Gasteiger partial charge < -0.3 is 19.4 Å². The van der Waals surface area contributed by atoms with Crippen LogP contribution in [-0.4, -0.2) is 48.9 Å². The van der Waals surface area contributed by atoms with E-state index in [0.717, 1.165) is 17.1 Å². The quantitative estimate of drug-likeness (QED) is 0.408. The van der Waals surface area contributed by atoms with Crippen molar-refractivity contribution in [2.75, 3.05) is 19.1 Å². The number of aromatic nitrogens is 7. The molecule has 4 heterocycles. The van der Waals surface area contributed by atoms with Gasteiger partial charge in [-0.2, -0.15) is 5.10 Å². The topological polar surface area (TPSA) is 107 Å². The number of hydrogen-bond donors (Lipinski definition) is 1. The fourth-order valence-electron chi connectivity index (χ4n) is 3.52. The zero-order valence-electron chi connectivity index (χ0n) is 18.4. The van der Waals surface area contributed by atoms with Crippen molar-refractivity contribution in [2.24, 2.45) is 7.05 Å². The number of ether oxygens (including phenoxy) is 2. The van der Waals surface area contributed by atoms with Crippen LogP contribution < -0.4 is 14.4 Å². The minimum Gasteiger partial charge on any atom is -0.497 e. The average molecular weight is 442 g/mol. The Bertz CT molecular complexity index is 1370. The van der Waals surface area contributed by atoms with Gasteiger partial charge in [0, 0.05) is 49.4 Å². The first-order valence-electron chi connectivity index (χ1n) is 10.2. The lowest BCUT2D eigenvalue weighted by molar-refractivity contribution is 0.394. The van der Waals surface area contributed by atoms with E-state index in [2.05, 4.69) is 20.1 Å². The zero-order chi connectivity index (χ0) is 22.8. The summed E-state index contributed by atoms with van der Waals surface area (Å²) in [6, 6.07) is 9.50. The number of nitrogens with zero attached hydrogens (tertiary/aromatic N) is 7. The largest absolute Gasteiger partial charge is 0.497 e. The third kappa shape index (κ3) is 4.18. The van der Waals surface area contributed by atoms with Crippen LogP contribution in [0.2, 0.25) is 0 Å². The Morgan fingerprint density at radius 1 is 1.00 bits per heavy atom. The summed E-state index contributed by atoms with van der Waals surface area (Å²) in [7, 11) is 5.11. The molecule has 0 saturated heterocycles. The van der Waals surface area contributed by atoms with E-state index in [1.807, 2.05) is 48.5 Å². The Morgan fingerprint density at radius 3 is 2.48 bits per heavy atom. The minimum absolute atomic E-state index is 0.456. The van der Waals surface area contributed by atoms with Crippen molar-refractivity contribution in [2.45, 2.75) is 6.54 Å². The first-order chi connectivity index (χ1) is 16.1. The van der Waals surface area contributed by atoms with Gasteiger partial charge in [0.1, 0.15) is 28.7 Å². The highest BCUT2D eigenvalue weighted by Gasteiger charge is 2.17. The summed E-state index contributed by atoms with van der Waals surface area (Å²) in [6.07, 6.45) is 8.89.